The van der Waals surface area contributed by atoms with Crippen molar-refractivity contribution >= 4 is 50.4 Å². The molecule has 0 aliphatic rings. The van der Waals surface area contributed by atoms with Crippen LogP contribution in [0.2, 0.25) is 5.02 Å². The van der Waals surface area contributed by atoms with Crippen molar-refractivity contribution in [2.75, 3.05) is 6.61 Å². The van der Waals surface area contributed by atoms with Gasteiger partial charge in [0.15, 0.2) is 11.5 Å². The van der Waals surface area contributed by atoms with Crippen LogP contribution in [-0.4, -0.2) is 18.7 Å². The molecule has 0 heterocycles. The molecule has 0 unspecified atom stereocenters. The highest BCUT2D eigenvalue weighted by Gasteiger charge is 2.13. The summed E-state index contributed by atoms with van der Waals surface area (Å²) in [6.45, 7) is 2.78. The van der Waals surface area contributed by atoms with E-state index in [0.29, 0.717) is 35.3 Å². The molecule has 7 heteroatoms. The van der Waals surface area contributed by atoms with Gasteiger partial charge in [-0.1, -0.05) is 54.1 Å². The normalized spacial score (nSPS) is 11.0. The van der Waals surface area contributed by atoms with Gasteiger partial charge in [0.2, 0.25) is 0 Å². The number of carbonyl (C=O) groups is 1. The Morgan fingerprint density at radius 2 is 1.79 bits per heavy atom. The standard InChI is InChI=1S/C27H22BrClN2O3/c1-2-33-25-15-18(16-30-31-27(32)20-10-12-22(29)13-11-20)14-24(28)26(25)34-17-21-8-5-7-19-6-3-4-9-23(19)21/h3-16H,2,17H2,1H3,(H,31,32)/b30-16-. The van der Waals surface area contributed by atoms with Gasteiger partial charge < -0.3 is 9.47 Å². The minimum Gasteiger partial charge on any atom is -0.490 e. The van der Waals surface area contributed by atoms with Gasteiger partial charge in [-0.2, -0.15) is 5.10 Å². The Labute approximate surface area is 211 Å². The van der Waals surface area contributed by atoms with E-state index in [-0.39, 0.29) is 5.91 Å². The van der Waals surface area contributed by atoms with Gasteiger partial charge in [0.05, 0.1) is 17.3 Å². The molecule has 4 rings (SSSR count). The third kappa shape index (κ3) is 5.76. The van der Waals surface area contributed by atoms with Crippen molar-refractivity contribution in [2.45, 2.75) is 13.5 Å². The first kappa shape index (κ1) is 23.8. The maximum Gasteiger partial charge on any atom is 0.271 e. The van der Waals surface area contributed by atoms with Gasteiger partial charge in [0.25, 0.3) is 5.91 Å². The minimum atomic E-state index is -0.327. The van der Waals surface area contributed by atoms with Crippen molar-refractivity contribution in [2.24, 2.45) is 5.10 Å². The molecule has 0 fully saturated rings. The summed E-state index contributed by atoms with van der Waals surface area (Å²) in [7, 11) is 0. The monoisotopic (exact) mass is 536 g/mol. The van der Waals surface area contributed by atoms with Gasteiger partial charge in [0, 0.05) is 10.6 Å². The van der Waals surface area contributed by atoms with Crippen LogP contribution in [0.1, 0.15) is 28.4 Å². The zero-order valence-electron chi connectivity index (χ0n) is 18.4. The smallest absolute Gasteiger partial charge is 0.271 e. The Kier molecular flexibility index (Phi) is 7.83. The fourth-order valence-electron chi connectivity index (χ4n) is 3.47. The first-order valence-electron chi connectivity index (χ1n) is 10.7. The van der Waals surface area contributed by atoms with Crippen molar-refractivity contribution in [1.82, 2.24) is 5.43 Å². The molecule has 1 N–H and O–H groups in total. The van der Waals surface area contributed by atoms with Crippen molar-refractivity contribution < 1.29 is 14.3 Å². The number of fused-ring (bicyclic) bond motifs is 1. The SMILES string of the molecule is CCOc1cc(/C=N\NC(=O)c2ccc(Cl)cc2)cc(Br)c1OCc1cccc2ccccc12. The van der Waals surface area contributed by atoms with Gasteiger partial charge in [0.1, 0.15) is 6.61 Å². The van der Waals surface area contributed by atoms with Crippen LogP contribution in [0.25, 0.3) is 10.8 Å². The Hall–Kier alpha value is -3.35. The molecule has 34 heavy (non-hydrogen) atoms. The van der Waals surface area contributed by atoms with Crippen molar-refractivity contribution in [3.63, 3.8) is 0 Å². The highest BCUT2D eigenvalue weighted by molar-refractivity contribution is 9.10. The Balaban J connectivity index is 1.50. The summed E-state index contributed by atoms with van der Waals surface area (Å²) in [5.41, 5.74) is 4.81. The number of benzene rings is 4. The van der Waals surface area contributed by atoms with E-state index in [1.807, 2.05) is 37.3 Å². The van der Waals surface area contributed by atoms with Gasteiger partial charge in [-0.15, -0.1) is 0 Å². The van der Waals surface area contributed by atoms with Crippen molar-refractivity contribution in [1.29, 1.82) is 0 Å². The Morgan fingerprint density at radius 3 is 2.59 bits per heavy atom. The van der Waals surface area contributed by atoms with Crippen LogP contribution in [-0.2, 0) is 6.61 Å². The highest BCUT2D eigenvalue weighted by atomic mass is 79.9. The van der Waals surface area contributed by atoms with E-state index in [4.69, 9.17) is 21.1 Å². The predicted molar refractivity (Wildman–Crippen MR) is 140 cm³/mol. The number of carbonyl (C=O) groups excluding carboxylic acids is 1. The number of hydrogen-bond acceptors (Lipinski definition) is 4. The lowest BCUT2D eigenvalue weighted by Gasteiger charge is -2.15. The van der Waals surface area contributed by atoms with Crippen LogP contribution in [0.3, 0.4) is 0 Å². The predicted octanol–water partition coefficient (Wildman–Crippen LogP) is 7.00. The molecule has 1 amide bonds. The van der Waals surface area contributed by atoms with Gasteiger partial charge in [-0.25, -0.2) is 5.43 Å². The second kappa shape index (κ2) is 11.2. The number of hydrazone groups is 1. The van der Waals surface area contributed by atoms with E-state index in [2.05, 4.69) is 50.7 Å². The molecule has 5 nitrogen and oxygen atoms in total. The second-order valence-electron chi connectivity index (χ2n) is 7.40. The van der Waals surface area contributed by atoms with Crippen molar-refractivity contribution in [3.05, 3.63) is 105 Å². The van der Waals surface area contributed by atoms with Crippen LogP contribution in [0.15, 0.2) is 88.4 Å². The van der Waals surface area contributed by atoms with Crippen LogP contribution in [0.4, 0.5) is 0 Å². The molecule has 0 atom stereocenters. The molecule has 0 aliphatic heterocycles. The first-order chi connectivity index (χ1) is 16.5. The number of rotatable bonds is 8. The second-order valence-corrected chi connectivity index (χ2v) is 8.69. The van der Waals surface area contributed by atoms with Crippen molar-refractivity contribution in [3.8, 4) is 11.5 Å². The number of ether oxygens (including phenoxy) is 2. The Morgan fingerprint density at radius 1 is 1.03 bits per heavy atom. The molecule has 0 bridgehead atoms. The molecule has 172 valence electrons. The van der Waals surface area contributed by atoms with Gasteiger partial charge in [-0.05, 0) is 81.2 Å². The largest absolute Gasteiger partial charge is 0.490 e. The average molecular weight is 538 g/mol. The van der Waals surface area contributed by atoms with E-state index < -0.39 is 0 Å². The van der Waals surface area contributed by atoms with E-state index in [0.717, 1.165) is 21.0 Å². The zero-order chi connectivity index (χ0) is 23.9. The molecule has 4 aromatic rings. The van der Waals surface area contributed by atoms with Gasteiger partial charge in [-0.3, -0.25) is 4.79 Å². The lowest BCUT2D eigenvalue weighted by molar-refractivity contribution is 0.0955. The summed E-state index contributed by atoms with van der Waals surface area (Å²) in [5, 5.41) is 6.95. The van der Waals surface area contributed by atoms with Crippen LogP contribution in [0, 0.1) is 0 Å². The molecule has 0 spiro atoms. The maximum atomic E-state index is 12.2. The zero-order valence-corrected chi connectivity index (χ0v) is 20.8. The van der Waals surface area contributed by atoms with E-state index in [1.165, 1.54) is 5.39 Å². The van der Waals surface area contributed by atoms with Crippen LogP contribution in [0.5, 0.6) is 11.5 Å². The molecule has 0 saturated heterocycles. The third-order valence-electron chi connectivity index (χ3n) is 5.07. The third-order valence-corrected chi connectivity index (χ3v) is 5.91. The summed E-state index contributed by atoms with van der Waals surface area (Å²) in [6, 6.07) is 24.7. The quantitative estimate of drug-likeness (QED) is 0.194. The molecule has 4 aromatic carbocycles. The van der Waals surface area contributed by atoms with E-state index in [1.54, 1.807) is 30.5 Å². The fourth-order valence-corrected chi connectivity index (χ4v) is 4.17. The fraction of sp³-hybridized carbons (Fsp3) is 0.111. The topological polar surface area (TPSA) is 59.9 Å². The lowest BCUT2D eigenvalue weighted by Crippen LogP contribution is -2.17. The summed E-state index contributed by atoms with van der Waals surface area (Å²) in [4.78, 5) is 12.2. The molecule has 0 aromatic heterocycles. The number of hydrogen-bond donors (Lipinski definition) is 1. The number of amides is 1. The maximum absolute atomic E-state index is 12.2. The molecular formula is C27H22BrClN2O3. The molecule has 0 saturated carbocycles. The summed E-state index contributed by atoms with van der Waals surface area (Å²) >= 11 is 9.45. The Bertz CT molecular complexity index is 1330. The van der Waals surface area contributed by atoms with E-state index >= 15 is 0 Å². The van der Waals surface area contributed by atoms with Gasteiger partial charge >= 0.3 is 0 Å². The summed E-state index contributed by atoms with van der Waals surface area (Å²) in [5.74, 6) is 0.867. The summed E-state index contributed by atoms with van der Waals surface area (Å²) < 4.78 is 12.7. The van der Waals surface area contributed by atoms with E-state index in [9.17, 15) is 4.79 Å². The number of nitrogens with zero attached hydrogens (tertiary/aromatic N) is 1. The lowest BCUT2D eigenvalue weighted by atomic mass is 10.1. The molecule has 0 radical (unpaired) electrons. The number of nitrogens with one attached hydrogen (secondary N) is 1. The van der Waals surface area contributed by atoms with Crippen LogP contribution >= 0.6 is 27.5 Å². The molecular weight excluding hydrogens is 516 g/mol. The highest BCUT2D eigenvalue weighted by Crippen LogP contribution is 2.37. The molecule has 0 aliphatic carbocycles. The first-order valence-corrected chi connectivity index (χ1v) is 11.9. The van der Waals surface area contributed by atoms with Crippen LogP contribution < -0.4 is 14.9 Å². The minimum absolute atomic E-state index is 0.327. The summed E-state index contributed by atoms with van der Waals surface area (Å²) in [6.07, 6.45) is 1.55. The average Bonchev–Trinajstić information content (AvgIpc) is 2.84. The number of halogens is 2.